The lowest BCUT2D eigenvalue weighted by atomic mass is 9.70. The lowest BCUT2D eigenvalue weighted by molar-refractivity contribution is -0.131. The smallest absolute Gasteiger partial charge is 0.139 e. The first-order chi connectivity index (χ1) is 6.79. The summed E-state index contributed by atoms with van der Waals surface area (Å²) < 4.78 is 0. The number of carbonyl (C=O) groups excluding carboxylic acids is 1. The monoisotopic (exact) mass is 194 g/mol. The van der Waals surface area contributed by atoms with Crippen molar-refractivity contribution in [3.63, 3.8) is 0 Å². The molecule has 2 atom stereocenters. The molecule has 1 heteroatoms. The summed E-state index contributed by atoms with van der Waals surface area (Å²) in [5.41, 5.74) is 0. The second-order valence-corrected chi connectivity index (χ2v) is 5.24. The van der Waals surface area contributed by atoms with Crippen LogP contribution in [0.5, 0.6) is 0 Å². The van der Waals surface area contributed by atoms with Crippen LogP contribution in [-0.2, 0) is 4.79 Å². The van der Waals surface area contributed by atoms with Crippen molar-refractivity contribution >= 4 is 5.78 Å². The first-order valence-electron chi connectivity index (χ1n) is 6.33. The minimum Gasteiger partial charge on any atom is -0.299 e. The Bertz CT molecular complexity index is 203. The molecule has 2 aliphatic rings. The Morgan fingerprint density at radius 2 is 1.64 bits per heavy atom. The van der Waals surface area contributed by atoms with Gasteiger partial charge in [0.1, 0.15) is 5.78 Å². The summed E-state index contributed by atoms with van der Waals surface area (Å²) >= 11 is 0. The Kier molecular flexibility index (Phi) is 3.25. The van der Waals surface area contributed by atoms with Gasteiger partial charge in [0.25, 0.3) is 0 Å². The third-order valence-electron chi connectivity index (χ3n) is 4.22. The van der Waals surface area contributed by atoms with Crippen LogP contribution in [0.4, 0.5) is 0 Å². The van der Waals surface area contributed by atoms with Crippen molar-refractivity contribution < 1.29 is 4.79 Å². The van der Waals surface area contributed by atoms with Crippen LogP contribution in [0.2, 0.25) is 0 Å². The molecule has 0 aliphatic heterocycles. The van der Waals surface area contributed by atoms with Gasteiger partial charge in [-0.15, -0.1) is 0 Å². The van der Waals surface area contributed by atoms with E-state index in [0.717, 1.165) is 12.3 Å². The van der Waals surface area contributed by atoms with Crippen LogP contribution in [0.1, 0.15) is 58.3 Å². The van der Waals surface area contributed by atoms with Gasteiger partial charge >= 0.3 is 0 Å². The predicted molar refractivity (Wildman–Crippen MR) is 58.1 cm³/mol. The molecule has 1 nitrogen and oxygen atoms in total. The van der Waals surface area contributed by atoms with E-state index in [0.29, 0.717) is 17.6 Å². The molecular formula is C13H22O. The second-order valence-electron chi connectivity index (χ2n) is 5.24. The molecule has 0 spiro atoms. The van der Waals surface area contributed by atoms with Crippen LogP contribution in [0.15, 0.2) is 0 Å². The fourth-order valence-electron chi connectivity index (χ4n) is 3.30. The minimum atomic E-state index is 0.357. The van der Waals surface area contributed by atoms with Crippen LogP contribution in [0, 0.1) is 17.8 Å². The third kappa shape index (κ3) is 2.02. The zero-order valence-electron chi connectivity index (χ0n) is 9.30. The molecule has 0 amide bonds. The molecule has 2 fully saturated rings. The molecule has 0 radical (unpaired) electrons. The van der Waals surface area contributed by atoms with Gasteiger partial charge in [0, 0.05) is 11.8 Å². The van der Waals surface area contributed by atoms with E-state index in [1.807, 2.05) is 0 Å². The molecule has 2 unspecified atom stereocenters. The molecule has 80 valence electrons. The Hall–Kier alpha value is -0.330. The molecule has 14 heavy (non-hydrogen) atoms. The standard InChI is InChI=1S/C13H22O/c1-10-6-5-9-12(13(10)14)11-7-3-2-4-8-11/h10-12H,2-9H2,1H3. The lowest BCUT2D eigenvalue weighted by Gasteiger charge is -2.34. The van der Waals surface area contributed by atoms with Crippen LogP contribution in [-0.4, -0.2) is 5.78 Å². The van der Waals surface area contributed by atoms with E-state index in [-0.39, 0.29) is 0 Å². The van der Waals surface area contributed by atoms with Crippen molar-refractivity contribution in [3.05, 3.63) is 0 Å². The summed E-state index contributed by atoms with van der Waals surface area (Å²) in [6, 6.07) is 0. The summed E-state index contributed by atoms with van der Waals surface area (Å²) in [7, 11) is 0. The average Bonchev–Trinajstić information content (AvgIpc) is 2.23. The first-order valence-corrected chi connectivity index (χ1v) is 6.33. The van der Waals surface area contributed by atoms with E-state index >= 15 is 0 Å². The summed E-state index contributed by atoms with van der Waals surface area (Å²) in [4.78, 5) is 12.0. The van der Waals surface area contributed by atoms with Crippen molar-refractivity contribution in [2.24, 2.45) is 17.8 Å². The summed E-state index contributed by atoms with van der Waals surface area (Å²) in [6.07, 6.45) is 10.4. The molecule has 0 aromatic heterocycles. The van der Waals surface area contributed by atoms with Gasteiger partial charge in [0.15, 0.2) is 0 Å². The third-order valence-corrected chi connectivity index (χ3v) is 4.22. The Labute approximate surface area is 87.3 Å². The van der Waals surface area contributed by atoms with Gasteiger partial charge in [-0.05, 0) is 31.6 Å². The van der Waals surface area contributed by atoms with Gasteiger partial charge in [-0.25, -0.2) is 0 Å². The summed E-state index contributed by atoms with van der Waals surface area (Å²) in [6.45, 7) is 2.12. The van der Waals surface area contributed by atoms with Crippen LogP contribution < -0.4 is 0 Å². The maximum atomic E-state index is 12.0. The number of hydrogen-bond donors (Lipinski definition) is 0. The van der Waals surface area contributed by atoms with Crippen molar-refractivity contribution in [1.82, 2.24) is 0 Å². The molecule has 0 bridgehead atoms. The highest BCUT2D eigenvalue weighted by Crippen LogP contribution is 2.37. The van der Waals surface area contributed by atoms with Gasteiger partial charge in [0.2, 0.25) is 0 Å². The highest BCUT2D eigenvalue weighted by atomic mass is 16.1. The number of Topliss-reactive ketones (excluding diaryl/α,β-unsaturated/α-hetero) is 1. The molecule has 0 N–H and O–H groups in total. The molecule has 0 aromatic carbocycles. The lowest BCUT2D eigenvalue weighted by Crippen LogP contribution is -2.33. The van der Waals surface area contributed by atoms with Crippen molar-refractivity contribution in [2.75, 3.05) is 0 Å². The Balaban J connectivity index is 1.97. The van der Waals surface area contributed by atoms with E-state index in [4.69, 9.17) is 0 Å². The minimum absolute atomic E-state index is 0.357. The molecule has 2 rings (SSSR count). The molecule has 2 saturated carbocycles. The topological polar surface area (TPSA) is 17.1 Å². The highest BCUT2D eigenvalue weighted by Gasteiger charge is 2.34. The maximum absolute atomic E-state index is 12.0. The van der Waals surface area contributed by atoms with Gasteiger partial charge in [-0.1, -0.05) is 32.6 Å². The van der Waals surface area contributed by atoms with Gasteiger partial charge in [-0.2, -0.15) is 0 Å². The number of ketones is 1. The quantitative estimate of drug-likeness (QED) is 0.623. The molecule has 0 heterocycles. The normalized spacial score (nSPS) is 35.9. The summed E-state index contributed by atoms with van der Waals surface area (Å²) in [5, 5.41) is 0. The van der Waals surface area contributed by atoms with Gasteiger partial charge < -0.3 is 0 Å². The molecule has 0 saturated heterocycles. The fourth-order valence-corrected chi connectivity index (χ4v) is 3.30. The van der Waals surface area contributed by atoms with Crippen molar-refractivity contribution in [3.8, 4) is 0 Å². The van der Waals surface area contributed by atoms with Crippen LogP contribution in [0.25, 0.3) is 0 Å². The second kappa shape index (κ2) is 4.46. The molecule has 2 aliphatic carbocycles. The number of hydrogen-bond acceptors (Lipinski definition) is 1. The van der Waals surface area contributed by atoms with E-state index < -0.39 is 0 Å². The number of rotatable bonds is 1. The van der Waals surface area contributed by atoms with E-state index in [9.17, 15) is 4.79 Å². The van der Waals surface area contributed by atoms with Crippen LogP contribution in [0.3, 0.4) is 0 Å². The van der Waals surface area contributed by atoms with E-state index in [2.05, 4.69) is 6.92 Å². The predicted octanol–water partition coefficient (Wildman–Crippen LogP) is 3.57. The largest absolute Gasteiger partial charge is 0.299 e. The fraction of sp³-hybridized carbons (Fsp3) is 0.923. The van der Waals surface area contributed by atoms with Gasteiger partial charge in [0.05, 0.1) is 0 Å². The molecule has 0 aromatic rings. The highest BCUT2D eigenvalue weighted by molar-refractivity contribution is 5.84. The van der Waals surface area contributed by atoms with E-state index in [1.165, 1.54) is 44.9 Å². The zero-order chi connectivity index (χ0) is 9.97. The molecular weight excluding hydrogens is 172 g/mol. The zero-order valence-corrected chi connectivity index (χ0v) is 9.30. The SMILES string of the molecule is CC1CCCC(C2CCCCC2)C1=O. The van der Waals surface area contributed by atoms with Crippen LogP contribution >= 0.6 is 0 Å². The Morgan fingerprint density at radius 1 is 0.929 bits per heavy atom. The maximum Gasteiger partial charge on any atom is 0.139 e. The van der Waals surface area contributed by atoms with Crippen molar-refractivity contribution in [1.29, 1.82) is 0 Å². The summed E-state index contributed by atoms with van der Waals surface area (Å²) in [5.74, 6) is 2.14. The Morgan fingerprint density at radius 3 is 2.36 bits per heavy atom. The van der Waals surface area contributed by atoms with E-state index in [1.54, 1.807) is 0 Å². The van der Waals surface area contributed by atoms with Gasteiger partial charge in [-0.3, -0.25) is 4.79 Å². The number of carbonyl (C=O) groups is 1. The first kappa shape index (κ1) is 10.2. The average molecular weight is 194 g/mol. The van der Waals surface area contributed by atoms with Crippen molar-refractivity contribution in [2.45, 2.75) is 58.3 Å².